The zero-order valence-corrected chi connectivity index (χ0v) is 10.2. The molecule has 0 saturated heterocycles. The number of hydrogen-bond donors (Lipinski definition) is 1. The largest absolute Gasteiger partial charge is 0.383 e. The van der Waals surface area contributed by atoms with Gasteiger partial charge in [-0.3, -0.25) is 0 Å². The summed E-state index contributed by atoms with van der Waals surface area (Å²) in [5.41, 5.74) is 0.199. The number of ether oxygens (including phenoxy) is 1. The van der Waals surface area contributed by atoms with Crippen LogP contribution in [0, 0.1) is 11.6 Å². The van der Waals surface area contributed by atoms with Crippen molar-refractivity contribution >= 4 is 5.69 Å². The molecule has 0 saturated carbocycles. The Balaban J connectivity index is 2.33. The highest BCUT2D eigenvalue weighted by atomic mass is 19.2. The topological polar surface area (TPSA) is 24.5 Å². The van der Waals surface area contributed by atoms with Crippen molar-refractivity contribution in [3.05, 3.63) is 29.8 Å². The van der Waals surface area contributed by atoms with Crippen LogP contribution >= 0.6 is 0 Å². The van der Waals surface area contributed by atoms with Gasteiger partial charge in [-0.2, -0.15) is 0 Å². The number of halogens is 2. The molecule has 0 aliphatic rings. The van der Waals surface area contributed by atoms with E-state index in [-0.39, 0.29) is 5.69 Å². The molecule has 0 atom stereocenters. The van der Waals surface area contributed by atoms with E-state index in [2.05, 4.69) is 5.32 Å². The molecule has 96 valence electrons. The summed E-state index contributed by atoms with van der Waals surface area (Å²) in [6.45, 7) is 2.76. The van der Waals surface area contributed by atoms with Crippen LogP contribution in [-0.4, -0.2) is 45.3 Å². The van der Waals surface area contributed by atoms with Crippen molar-refractivity contribution in [2.24, 2.45) is 0 Å². The van der Waals surface area contributed by atoms with Gasteiger partial charge in [-0.15, -0.1) is 0 Å². The van der Waals surface area contributed by atoms with Crippen molar-refractivity contribution in [3.8, 4) is 0 Å². The third kappa shape index (κ3) is 4.66. The first-order valence-corrected chi connectivity index (χ1v) is 5.50. The number of hydrogen-bond acceptors (Lipinski definition) is 3. The Morgan fingerprint density at radius 1 is 1.29 bits per heavy atom. The van der Waals surface area contributed by atoms with Crippen LogP contribution in [0.3, 0.4) is 0 Å². The maximum Gasteiger partial charge on any atom is 0.181 e. The molecule has 0 heterocycles. The van der Waals surface area contributed by atoms with Gasteiger partial charge in [0, 0.05) is 26.7 Å². The van der Waals surface area contributed by atoms with Gasteiger partial charge >= 0.3 is 0 Å². The summed E-state index contributed by atoms with van der Waals surface area (Å²) in [4.78, 5) is 2.05. The molecule has 5 heteroatoms. The SMILES string of the molecule is COCCN(C)CCNc1cccc(F)c1F. The average molecular weight is 244 g/mol. The van der Waals surface area contributed by atoms with Gasteiger partial charge in [-0.1, -0.05) is 6.07 Å². The molecule has 0 radical (unpaired) electrons. The van der Waals surface area contributed by atoms with E-state index < -0.39 is 11.6 Å². The van der Waals surface area contributed by atoms with Crippen LogP contribution < -0.4 is 5.32 Å². The van der Waals surface area contributed by atoms with Crippen LogP contribution in [0.25, 0.3) is 0 Å². The molecular weight excluding hydrogens is 226 g/mol. The summed E-state index contributed by atoms with van der Waals surface area (Å²) in [6, 6.07) is 4.11. The Bertz CT molecular complexity index is 347. The van der Waals surface area contributed by atoms with Crippen molar-refractivity contribution in [3.63, 3.8) is 0 Å². The van der Waals surface area contributed by atoms with Crippen molar-refractivity contribution < 1.29 is 13.5 Å². The Morgan fingerprint density at radius 3 is 2.76 bits per heavy atom. The number of benzene rings is 1. The lowest BCUT2D eigenvalue weighted by Gasteiger charge is -2.16. The molecular formula is C12H18F2N2O. The fraction of sp³-hybridized carbons (Fsp3) is 0.500. The third-order valence-electron chi connectivity index (χ3n) is 2.44. The normalized spacial score (nSPS) is 10.9. The highest BCUT2D eigenvalue weighted by Crippen LogP contribution is 2.15. The standard InChI is InChI=1S/C12H18F2N2O/c1-16(8-9-17-2)7-6-15-11-5-3-4-10(13)12(11)14/h3-5,15H,6-9H2,1-2H3. The van der Waals surface area contributed by atoms with Crippen LogP contribution in [0.15, 0.2) is 18.2 Å². The number of likely N-dealkylation sites (N-methyl/N-ethyl adjacent to an activating group) is 1. The van der Waals surface area contributed by atoms with Crippen molar-refractivity contribution in [2.45, 2.75) is 0 Å². The van der Waals surface area contributed by atoms with Crippen LogP contribution in [-0.2, 0) is 4.74 Å². The molecule has 0 aromatic heterocycles. The summed E-state index contributed by atoms with van der Waals surface area (Å²) in [7, 11) is 3.59. The molecule has 1 N–H and O–H groups in total. The van der Waals surface area contributed by atoms with E-state index >= 15 is 0 Å². The monoisotopic (exact) mass is 244 g/mol. The Kier molecular flexibility index (Phi) is 5.86. The first-order chi connectivity index (χ1) is 8.15. The van der Waals surface area contributed by atoms with Crippen molar-refractivity contribution in [2.75, 3.05) is 45.7 Å². The van der Waals surface area contributed by atoms with Crippen LogP contribution in [0.5, 0.6) is 0 Å². The lowest BCUT2D eigenvalue weighted by molar-refractivity contribution is 0.163. The second kappa shape index (κ2) is 7.19. The third-order valence-corrected chi connectivity index (χ3v) is 2.44. The molecule has 0 bridgehead atoms. The smallest absolute Gasteiger partial charge is 0.181 e. The summed E-state index contributed by atoms with van der Waals surface area (Å²) < 4.78 is 31.1. The quantitative estimate of drug-likeness (QED) is 0.793. The second-order valence-corrected chi connectivity index (χ2v) is 3.82. The maximum atomic E-state index is 13.3. The molecule has 17 heavy (non-hydrogen) atoms. The van der Waals surface area contributed by atoms with E-state index in [4.69, 9.17) is 4.74 Å². The van der Waals surface area contributed by atoms with Crippen molar-refractivity contribution in [1.29, 1.82) is 0 Å². The van der Waals surface area contributed by atoms with Gasteiger partial charge in [0.1, 0.15) is 0 Å². The maximum absolute atomic E-state index is 13.3. The van der Waals surface area contributed by atoms with Gasteiger partial charge in [0.25, 0.3) is 0 Å². The minimum Gasteiger partial charge on any atom is -0.383 e. The predicted octanol–water partition coefficient (Wildman–Crippen LogP) is 1.95. The van der Waals surface area contributed by atoms with E-state index in [0.717, 1.165) is 19.2 Å². The van der Waals surface area contributed by atoms with Gasteiger partial charge in [0.15, 0.2) is 11.6 Å². The minimum atomic E-state index is -0.831. The Labute approximate surface area is 100 Å². The number of nitrogens with zero attached hydrogens (tertiary/aromatic N) is 1. The number of methoxy groups -OCH3 is 1. The first kappa shape index (κ1) is 13.9. The van der Waals surface area contributed by atoms with Crippen LogP contribution in [0.2, 0.25) is 0 Å². The van der Waals surface area contributed by atoms with E-state index in [9.17, 15) is 8.78 Å². The molecule has 3 nitrogen and oxygen atoms in total. The van der Waals surface area contributed by atoms with E-state index in [1.165, 1.54) is 12.1 Å². The van der Waals surface area contributed by atoms with E-state index in [0.29, 0.717) is 13.2 Å². The van der Waals surface area contributed by atoms with Gasteiger partial charge in [-0.05, 0) is 19.2 Å². The zero-order valence-electron chi connectivity index (χ0n) is 10.2. The molecule has 0 spiro atoms. The van der Waals surface area contributed by atoms with Gasteiger partial charge in [-0.25, -0.2) is 8.78 Å². The molecule has 0 fully saturated rings. The zero-order chi connectivity index (χ0) is 12.7. The Hall–Kier alpha value is -1.20. The van der Waals surface area contributed by atoms with Crippen molar-refractivity contribution in [1.82, 2.24) is 4.90 Å². The highest BCUT2D eigenvalue weighted by Gasteiger charge is 2.06. The molecule has 0 amide bonds. The molecule has 0 aliphatic heterocycles. The lowest BCUT2D eigenvalue weighted by Crippen LogP contribution is -2.28. The van der Waals surface area contributed by atoms with Gasteiger partial charge < -0.3 is 15.0 Å². The summed E-state index contributed by atoms with van der Waals surface area (Å²) in [5.74, 6) is -1.66. The average Bonchev–Trinajstić information content (AvgIpc) is 2.32. The Morgan fingerprint density at radius 2 is 2.06 bits per heavy atom. The van der Waals surface area contributed by atoms with Gasteiger partial charge in [0.05, 0.1) is 12.3 Å². The summed E-state index contributed by atoms with van der Waals surface area (Å²) in [5, 5.41) is 2.86. The molecule has 1 aromatic carbocycles. The second-order valence-electron chi connectivity index (χ2n) is 3.82. The summed E-state index contributed by atoms with van der Waals surface area (Å²) >= 11 is 0. The van der Waals surface area contributed by atoms with E-state index in [1.807, 2.05) is 11.9 Å². The lowest BCUT2D eigenvalue weighted by atomic mass is 10.3. The summed E-state index contributed by atoms with van der Waals surface area (Å²) in [6.07, 6.45) is 0. The van der Waals surface area contributed by atoms with Crippen LogP contribution in [0.1, 0.15) is 0 Å². The predicted molar refractivity (Wildman–Crippen MR) is 64.2 cm³/mol. The molecule has 1 aromatic rings. The fourth-order valence-corrected chi connectivity index (χ4v) is 1.38. The molecule has 1 rings (SSSR count). The molecule has 0 unspecified atom stereocenters. The van der Waals surface area contributed by atoms with Gasteiger partial charge in [0.2, 0.25) is 0 Å². The molecule has 0 aliphatic carbocycles. The van der Waals surface area contributed by atoms with Crippen LogP contribution in [0.4, 0.5) is 14.5 Å². The van der Waals surface area contributed by atoms with E-state index in [1.54, 1.807) is 7.11 Å². The number of rotatable bonds is 7. The highest BCUT2D eigenvalue weighted by molar-refractivity contribution is 5.44. The number of anilines is 1. The number of nitrogens with one attached hydrogen (secondary N) is 1. The minimum absolute atomic E-state index is 0.199. The fourth-order valence-electron chi connectivity index (χ4n) is 1.38. The first-order valence-electron chi connectivity index (χ1n) is 5.50.